The molecule has 1 N–H and O–H groups in total. The largest absolute Gasteiger partial charge is 0.462 e. The number of cyclic esters (lactones) is 1. The van der Waals surface area contributed by atoms with E-state index in [1.165, 1.54) is 0 Å². The summed E-state index contributed by atoms with van der Waals surface area (Å²) in [5, 5.41) is 10.6. The number of benzene rings is 1. The number of ether oxygens (including phenoxy) is 4. The van der Waals surface area contributed by atoms with Crippen molar-refractivity contribution in [2.75, 3.05) is 6.79 Å². The molecule has 0 bridgehead atoms. The van der Waals surface area contributed by atoms with Crippen molar-refractivity contribution in [2.45, 2.75) is 110 Å². The molecule has 2 saturated carbocycles. The van der Waals surface area contributed by atoms with E-state index in [1.54, 1.807) is 0 Å². The molecule has 0 spiro atoms. The molecular weight excluding hydrogens is 484 g/mol. The van der Waals surface area contributed by atoms with Crippen LogP contribution >= 0.6 is 0 Å². The van der Waals surface area contributed by atoms with E-state index >= 15 is 0 Å². The van der Waals surface area contributed by atoms with E-state index in [1.807, 2.05) is 44.2 Å². The summed E-state index contributed by atoms with van der Waals surface area (Å²) in [6.07, 6.45) is 5.76. The van der Waals surface area contributed by atoms with E-state index in [2.05, 4.69) is 6.92 Å². The van der Waals surface area contributed by atoms with Gasteiger partial charge in [0.15, 0.2) is 0 Å². The number of hydrogen-bond donors (Lipinski definition) is 1. The Morgan fingerprint density at radius 2 is 1.92 bits per heavy atom. The summed E-state index contributed by atoms with van der Waals surface area (Å²) in [5.74, 6) is 0.957. The second-order valence-electron chi connectivity index (χ2n) is 11.8. The van der Waals surface area contributed by atoms with Crippen LogP contribution < -0.4 is 0 Å². The lowest BCUT2D eigenvalue weighted by Crippen LogP contribution is -2.49. The minimum Gasteiger partial charge on any atom is -0.462 e. The summed E-state index contributed by atoms with van der Waals surface area (Å²) in [7, 11) is 0. The van der Waals surface area contributed by atoms with Gasteiger partial charge in [0.2, 0.25) is 0 Å². The van der Waals surface area contributed by atoms with Gasteiger partial charge in [-0.05, 0) is 55.4 Å². The lowest BCUT2D eigenvalue weighted by molar-refractivity contribution is -0.176. The Kier molecular flexibility index (Phi) is 10.6. The first kappa shape index (κ1) is 29.0. The van der Waals surface area contributed by atoms with Gasteiger partial charge in [0.1, 0.15) is 19.0 Å². The van der Waals surface area contributed by atoms with E-state index in [-0.39, 0.29) is 55.3 Å². The van der Waals surface area contributed by atoms with Crippen LogP contribution in [0, 0.1) is 29.6 Å². The van der Waals surface area contributed by atoms with Gasteiger partial charge in [-0.15, -0.1) is 0 Å². The highest BCUT2D eigenvalue weighted by Gasteiger charge is 2.47. The van der Waals surface area contributed by atoms with Crippen molar-refractivity contribution < 1.29 is 33.6 Å². The third-order valence-electron chi connectivity index (χ3n) is 9.09. The Morgan fingerprint density at radius 1 is 1.13 bits per heavy atom. The summed E-state index contributed by atoms with van der Waals surface area (Å²) < 4.78 is 23.3. The van der Waals surface area contributed by atoms with Gasteiger partial charge in [0, 0.05) is 18.8 Å². The fourth-order valence-corrected chi connectivity index (χ4v) is 6.78. The Labute approximate surface area is 227 Å². The van der Waals surface area contributed by atoms with E-state index in [0.717, 1.165) is 44.1 Å². The van der Waals surface area contributed by atoms with Crippen molar-refractivity contribution in [3.05, 3.63) is 35.9 Å². The molecule has 7 heteroatoms. The summed E-state index contributed by atoms with van der Waals surface area (Å²) >= 11 is 0. The van der Waals surface area contributed by atoms with Crippen molar-refractivity contribution in [3.8, 4) is 0 Å². The van der Waals surface area contributed by atoms with Gasteiger partial charge >= 0.3 is 11.9 Å². The van der Waals surface area contributed by atoms with Gasteiger partial charge in [0.05, 0.1) is 31.2 Å². The fraction of sp³-hybridized carbons (Fsp3) is 0.742. The first-order valence-corrected chi connectivity index (χ1v) is 14.6. The predicted octanol–water partition coefficient (Wildman–Crippen LogP) is 5.42. The van der Waals surface area contributed by atoms with Crippen LogP contribution in [0.25, 0.3) is 0 Å². The van der Waals surface area contributed by atoms with Crippen molar-refractivity contribution in [1.29, 1.82) is 0 Å². The minimum atomic E-state index is -0.415. The van der Waals surface area contributed by atoms with Crippen LogP contribution in [-0.2, 0) is 35.1 Å². The summed E-state index contributed by atoms with van der Waals surface area (Å²) in [6, 6.07) is 9.94. The molecule has 7 nitrogen and oxygen atoms in total. The second kappa shape index (κ2) is 13.9. The molecule has 38 heavy (non-hydrogen) atoms. The molecular formula is C31H46O7. The SMILES string of the molecule is CCC(C)C(=O)OC1CC(O)CC2CCC(C)C(CCC3CC(OCOCc4ccccc4)CC(=O)O3)C21. The summed E-state index contributed by atoms with van der Waals surface area (Å²) in [6.45, 7) is 6.81. The van der Waals surface area contributed by atoms with Gasteiger partial charge in [-0.25, -0.2) is 0 Å². The molecule has 9 unspecified atom stereocenters. The van der Waals surface area contributed by atoms with E-state index < -0.39 is 6.10 Å². The van der Waals surface area contributed by atoms with E-state index in [4.69, 9.17) is 18.9 Å². The number of hydrogen-bond acceptors (Lipinski definition) is 7. The molecule has 3 fully saturated rings. The highest BCUT2D eigenvalue weighted by molar-refractivity contribution is 5.72. The zero-order valence-corrected chi connectivity index (χ0v) is 23.3. The standard InChI is InChI=1S/C31H46O7/c1-4-20(2)31(34)38-28-15-24(32)14-23-11-10-21(3)27(30(23)28)13-12-25-16-26(17-29(33)37-25)36-19-35-18-22-8-6-5-7-9-22/h5-9,20-21,23-28,30,32H,4,10-19H2,1-3H3. The molecule has 212 valence electrons. The average Bonchev–Trinajstić information content (AvgIpc) is 2.90. The molecule has 0 radical (unpaired) electrons. The lowest BCUT2D eigenvalue weighted by Gasteiger charge is -2.49. The molecule has 3 aliphatic rings. The molecule has 1 aromatic carbocycles. The van der Waals surface area contributed by atoms with Gasteiger partial charge in [-0.1, -0.05) is 57.5 Å². The number of aliphatic hydroxyl groups is 1. The Bertz CT molecular complexity index is 889. The Hall–Kier alpha value is -1.96. The van der Waals surface area contributed by atoms with Gasteiger partial charge < -0.3 is 24.1 Å². The zero-order chi connectivity index (χ0) is 27.1. The molecule has 0 aromatic heterocycles. The number of rotatable bonds is 11. The topological polar surface area (TPSA) is 91.3 Å². The zero-order valence-electron chi connectivity index (χ0n) is 23.3. The van der Waals surface area contributed by atoms with Crippen LogP contribution in [0.15, 0.2) is 30.3 Å². The van der Waals surface area contributed by atoms with Gasteiger partial charge in [-0.2, -0.15) is 0 Å². The summed E-state index contributed by atoms with van der Waals surface area (Å²) in [5.41, 5.74) is 1.08. The van der Waals surface area contributed by atoms with Crippen LogP contribution in [0.2, 0.25) is 0 Å². The first-order valence-electron chi connectivity index (χ1n) is 14.6. The molecule has 2 aliphatic carbocycles. The quantitative estimate of drug-likeness (QED) is 0.232. The number of aliphatic hydroxyl groups excluding tert-OH is 1. The molecule has 9 atom stereocenters. The van der Waals surface area contributed by atoms with Gasteiger partial charge in [0.25, 0.3) is 0 Å². The summed E-state index contributed by atoms with van der Waals surface area (Å²) in [4.78, 5) is 25.0. The van der Waals surface area contributed by atoms with E-state index in [9.17, 15) is 14.7 Å². The molecule has 4 rings (SSSR count). The van der Waals surface area contributed by atoms with Crippen LogP contribution in [0.1, 0.15) is 84.1 Å². The monoisotopic (exact) mass is 530 g/mol. The molecule has 0 amide bonds. The van der Waals surface area contributed by atoms with Crippen LogP contribution in [0.4, 0.5) is 0 Å². The van der Waals surface area contributed by atoms with Crippen LogP contribution in [0.5, 0.6) is 0 Å². The van der Waals surface area contributed by atoms with Crippen molar-refractivity contribution >= 4 is 11.9 Å². The Balaban J connectivity index is 1.31. The van der Waals surface area contributed by atoms with Crippen molar-refractivity contribution in [2.24, 2.45) is 29.6 Å². The highest BCUT2D eigenvalue weighted by Crippen LogP contribution is 2.49. The molecule has 1 aromatic rings. The third kappa shape index (κ3) is 7.80. The maximum atomic E-state index is 12.7. The number of carbonyl (C=O) groups is 2. The fourth-order valence-electron chi connectivity index (χ4n) is 6.78. The maximum absolute atomic E-state index is 12.7. The van der Waals surface area contributed by atoms with Gasteiger partial charge in [-0.3, -0.25) is 9.59 Å². The minimum absolute atomic E-state index is 0.137. The van der Waals surface area contributed by atoms with E-state index in [0.29, 0.717) is 37.2 Å². The van der Waals surface area contributed by atoms with Crippen LogP contribution in [0.3, 0.4) is 0 Å². The Morgan fingerprint density at radius 3 is 2.68 bits per heavy atom. The van der Waals surface area contributed by atoms with Crippen LogP contribution in [-0.4, -0.2) is 48.3 Å². The van der Waals surface area contributed by atoms with Crippen molar-refractivity contribution in [1.82, 2.24) is 0 Å². The highest BCUT2D eigenvalue weighted by atomic mass is 16.7. The predicted molar refractivity (Wildman–Crippen MR) is 143 cm³/mol. The maximum Gasteiger partial charge on any atom is 0.308 e. The molecule has 1 heterocycles. The molecule has 1 aliphatic heterocycles. The normalized spacial score (nSPS) is 34.2. The lowest BCUT2D eigenvalue weighted by atomic mass is 9.59. The first-order chi connectivity index (χ1) is 18.3. The average molecular weight is 531 g/mol. The number of esters is 2. The van der Waals surface area contributed by atoms with Crippen molar-refractivity contribution in [3.63, 3.8) is 0 Å². The molecule has 1 saturated heterocycles. The number of fused-ring (bicyclic) bond motifs is 1. The third-order valence-corrected chi connectivity index (χ3v) is 9.09. The smallest absolute Gasteiger partial charge is 0.308 e. The number of carbonyl (C=O) groups excluding carboxylic acids is 2. The second-order valence-corrected chi connectivity index (χ2v) is 11.8.